The molecule has 6 nitrogen and oxygen atoms in total. The van der Waals surface area contributed by atoms with Crippen LogP contribution >= 0.6 is 0 Å². The average molecular weight is 657 g/mol. The average Bonchev–Trinajstić information content (AvgIpc) is 2.99. The van der Waals surface area contributed by atoms with E-state index < -0.39 is 11.5 Å². The summed E-state index contributed by atoms with van der Waals surface area (Å²) in [4.78, 5) is 25.7. The van der Waals surface area contributed by atoms with Crippen molar-refractivity contribution in [2.75, 3.05) is 20.3 Å². The maximum absolute atomic E-state index is 14.6. The molecule has 0 saturated carbocycles. The van der Waals surface area contributed by atoms with Crippen LogP contribution in [0.1, 0.15) is 105 Å². The molecule has 1 unspecified atom stereocenters. The molecule has 0 aliphatic carbocycles. The van der Waals surface area contributed by atoms with Crippen molar-refractivity contribution < 1.29 is 32.2 Å². The number of ether oxygens (including phenoxy) is 3. The van der Waals surface area contributed by atoms with Gasteiger partial charge in [-0.2, -0.15) is 0 Å². The Bertz CT molecular complexity index is 1510. The van der Waals surface area contributed by atoms with Crippen molar-refractivity contribution in [1.82, 2.24) is 0 Å². The maximum atomic E-state index is 14.6. The summed E-state index contributed by atoms with van der Waals surface area (Å²) in [5, 5.41) is 0.709. The van der Waals surface area contributed by atoms with Crippen LogP contribution in [0.15, 0.2) is 51.7 Å². The first-order chi connectivity index (χ1) is 22.0. The lowest BCUT2D eigenvalue weighted by molar-refractivity contribution is -0.154. The van der Waals surface area contributed by atoms with Crippen LogP contribution in [0.3, 0.4) is 0 Å². The third-order valence-electron chi connectivity index (χ3n) is 8.37. The molecule has 0 fully saturated rings. The number of rotatable bonds is 17. The lowest BCUT2D eigenvalue weighted by Crippen LogP contribution is -2.34. The third-order valence-corrected chi connectivity index (χ3v) is 8.37. The van der Waals surface area contributed by atoms with E-state index in [4.69, 9.17) is 18.6 Å². The van der Waals surface area contributed by atoms with Crippen LogP contribution in [-0.2, 0) is 16.0 Å². The number of hydrogen-bond acceptors (Lipinski definition) is 6. The maximum Gasteiger partial charge on any atom is 0.344 e. The summed E-state index contributed by atoms with van der Waals surface area (Å²) in [5.41, 5.74) is 1.75. The smallest absolute Gasteiger partial charge is 0.344 e. The SMILES string of the molecule is CCCCCc1ccc(-c2cc3ccc(OCCCC(F)(F)CCCOC(=O)C(CC(C)(C)C)C(C)(C)C)cc3oc2=O)c(OC)c1. The van der Waals surface area contributed by atoms with Gasteiger partial charge in [0.25, 0.3) is 0 Å². The van der Waals surface area contributed by atoms with Gasteiger partial charge in [-0.3, -0.25) is 4.79 Å². The lowest BCUT2D eigenvalue weighted by Gasteiger charge is -2.33. The van der Waals surface area contributed by atoms with Crippen molar-refractivity contribution in [3.8, 4) is 22.6 Å². The summed E-state index contributed by atoms with van der Waals surface area (Å²) in [7, 11) is 1.59. The first kappa shape index (κ1) is 38.0. The highest BCUT2D eigenvalue weighted by Crippen LogP contribution is 2.37. The predicted molar refractivity (Wildman–Crippen MR) is 185 cm³/mol. The van der Waals surface area contributed by atoms with Gasteiger partial charge in [0.05, 0.1) is 31.8 Å². The molecule has 0 amide bonds. The minimum atomic E-state index is -2.90. The van der Waals surface area contributed by atoms with Crippen molar-refractivity contribution in [1.29, 1.82) is 0 Å². The van der Waals surface area contributed by atoms with Crippen molar-refractivity contribution in [3.63, 3.8) is 0 Å². The van der Waals surface area contributed by atoms with Gasteiger partial charge in [0, 0.05) is 29.9 Å². The number of carbonyl (C=O) groups is 1. The van der Waals surface area contributed by atoms with Gasteiger partial charge in [-0.05, 0) is 72.8 Å². The van der Waals surface area contributed by atoms with Crippen LogP contribution in [-0.4, -0.2) is 32.2 Å². The second-order valence-corrected chi connectivity index (χ2v) is 14.9. The van der Waals surface area contributed by atoms with Crippen LogP contribution in [0.5, 0.6) is 11.5 Å². The number of unbranched alkanes of at least 4 members (excludes halogenated alkanes) is 2. The van der Waals surface area contributed by atoms with Gasteiger partial charge in [-0.15, -0.1) is 0 Å². The number of methoxy groups -OCH3 is 1. The molecule has 0 spiro atoms. The molecular formula is C39H54F2O6. The fourth-order valence-electron chi connectivity index (χ4n) is 5.67. The summed E-state index contributed by atoms with van der Waals surface area (Å²) >= 11 is 0. The number of fused-ring (bicyclic) bond motifs is 1. The molecule has 0 aliphatic heterocycles. The largest absolute Gasteiger partial charge is 0.496 e. The Kier molecular flexibility index (Phi) is 13.4. The molecule has 1 aromatic heterocycles. The van der Waals surface area contributed by atoms with Gasteiger partial charge in [0.2, 0.25) is 5.92 Å². The molecule has 260 valence electrons. The third kappa shape index (κ3) is 12.0. The number of aryl methyl sites for hydroxylation is 1. The molecule has 3 aromatic rings. The molecule has 47 heavy (non-hydrogen) atoms. The Hall–Kier alpha value is -3.42. The molecule has 0 saturated heterocycles. The molecule has 1 atom stereocenters. The Morgan fingerprint density at radius 3 is 2.21 bits per heavy atom. The molecule has 3 rings (SSSR count). The first-order valence-corrected chi connectivity index (χ1v) is 17.0. The van der Waals surface area contributed by atoms with Gasteiger partial charge in [-0.25, -0.2) is 13.6 Å². The summed E-state index contributed by atoms with van der Waals surface area (Å²) < 4.78 is 51.5. The molecule has 1 heterocycles. The van der Waals surface area contributed by atoms with E-state index >= 15 is 0 Å². The Morgan fingerprint density at radius 1 is 0.872 bits per heavy atom. The summed E-state index contributed by atoms with van der Waals surface area (Å²) in [5.74, 6) is -2.47. The zero-order valence-corrected chi connectivity index (χ0v) is 29.6. The van der Waals surface area contributed by atoms with Crippen LogP contribution in [0.2, 0.25) is 0 Å². The monoisotopic (exact) mass is 656 g/mol. The molecule has 0 N–H and O–H groups in total. The number of carbonyl (C=O) groups excluding carboxylic acids is 1. The fraction of sp³-hybridized carbons (Fsp3) is 0.590. The van der Waals surface area contributed by atoms with Crippen LogP contribution < -0.4 is 15.1 Å². The predicted octanol–water partition coefficient (Wildman–Crippen LogP) is 10.4. The highest BCUT2D eigenvalue weighted by Gasteiger charge is 2.36. The zero-order chi connectivity index (χ0) is 34.8. The minimum absolute atomic E-state index is 0.0250. The van der Waals surface area contributed by atoms with E-state index in [1.165, 1.54) is 0 Å². The summed E-state index contributed by atoms with van der Waals surface area (Å²) in [6.07, 6.45) is 4.53. The molecule has 0 radical (unpaired) electrons. The van der Waals surface area contributed by atoms with Gasteiger partial charge in [-0.1, -0.05) is 73.4 Å². The van der Waals surface area contributed by atoms with Gasteiger partial charge >= 0.3 is 11.6 Å². The first-order valence-electron chi connectivity index (χ1n) is 17.0. The normalized spacial score (nSPS) is 13.1. The minimum Gasteiger partial charge on any atom is -0.496 e. The molecular weight excluding hydrogens is 602 g/mol. The Labute approximate surface area is 279 Å². The highest BCUT2D eigenvalue weighted by molar-refractivity contribution is 5.84. The molecule has 0 aliphatic rings. The van der Waals surface area contributed by atoms with Crippen LogP contribution in [0.25, 0.3) is 22.1 Å². The van der Waals surface area contributed by atoms with E-state index in [0.29, 0.717) is 40.0 Å². The summed E-state index contributed by atoms with van der Waals surface area (Å²) in [6, 6.07) is 12.8. The molecule has 8 heteroatoms. The highest BCUT2D eigenvalue weighted by atomic mass is 19.3. The van der Waals surface area contributed by atoms with E-state index in [9.17, 15) is 18.4 Å². The van der Waals surface area contributed by atoms with Crippen LogP contribution in [0.4, 0.5) is 8.78 Å². The standard InChI is InChI=1S/C39H54F2O6/c1-9-10-11-14-27-15-18-30(34(23-27)44-8)31-24-28-16-17-29(25-33(28)47-35(31)42)45-21-12-19-39(40,41)20-13-22-46-36(43)32(38(5,6)7)26-37(2,3)4/h15-18,23-25,32H,9-14,19-22,26H2,1-8H3. The van der Waals surface area contributed by atoms with E-state index in [-0.39, 0.29) is 61.6 Å². The van der Waals surface area contributed by atoms with E-state index in [1.807, 2.05) is 39.0 Å². The van der Waals surface area contributed by atoms with Crippen LogP contribution in [0, 0.1) is 16.7 Å². The molecule has 2 aromatic carbocycles. The molecule has 0 bridgehead atoms. The Morgan fingerprint density at radius 2 is 1.57 bits per heavy atom. The fourth-order valence-corrected chi connectivity index (χ4v) is 5.67. The topological polar surface area (TPSA) is 75.0 Å². The van der Waals surface area contributed by atoms with Gasteiger partial charge < -0.3 is 18.6 Å². The van der Waals surface area contributed by atoms with Gasteiger partial charge in [0.15, 0.2) is 0 Å². The van der Waals surface area contributed by atoms with Gasteiger partial charge in [0.1, 0.15) is 17.1 Å². The van der Waals surface area contributed by atoms with Crippen molar-refractivity contribution >= 4 is 16.9 Å². The number of halogens is 2. The summed E-state index contributed by atoms with van der Waals surface area (Å²) in [6.45, 7) is 14.4. The lowest BCUT2D eigenvalue weighted by atomic mass is 9.72. The number of esters is 1. The quantitative estimate of drug-likeness (QED) is 0.0818. The Balaban J connectivity index is 1.51. The second kappa shape index (κ2) is 16.6. The van der Waals surface area contributed by atoms with Crippen molar-refractivity contribution in [2.24, 2.45) is 16.7 Å². The van der Waals surface area contributed by atoms with E-state index in [2.05, 4.69) is 27.7 Å². The second-order valence-electron chi connectivity index (χ2n) is 14.9. The number of benzene rings is 2. The zero-order valence-electron chi connectivity index (χ0n) is 29.6. The number of alkyl halides is 2. The van der Waals surface area contributed by atoms with Crippen molar-refractivity contribution in [3.05, 3.63) is 58.4 Å². The number of hydrogen-bond donors (Lipinski definition) is 0. The van der Waals surface area contributed by atoms with E-state index in [0.717, 1.165) is 31.2 Å². The van der Waals surface area contributed by atoms with Crippen molar-refractivity contribution in [2.45, 2.75) is 112 Å². The van der Waals surface area contributed by atoms with E-state index in [1.54, 1.807) is 31.4 Å².